The molecule has 1 N–H and O–H groups in total. The highest BCUT2D eigenvalue weighted by Gasteiger charge is 2.41. The Kier molecular flexibility index (Phi) is 2.54. The SMILES string of the molecule is O=C(O)CC1(c2cccc3cnccc23)CCC1. The summed E-state index contributed by atoms with van der Waals surface area (Å²) in [5.41, 5.74) is 1.02. The summed E-state index contributed by atoms with van der Waals surface area (Å²) in [7, 11) is 0. The molecule has 0 saturated heterocycles. The van der Waals surface area contributed by atoms with Gasteiger partial charge in [-0.1, -0.05) is 24.6 Å². The normalized spacial score (nSPS) is 17.3. The van der Waals surface area contributed by atoms with Gasteiger partial charge in [0.05, 0.1) is 6.42 Å². The summed E-state index contributed by atoms with van der Waals surface area (Å²) in [6.45, 7) is 0. The molecule has 0 bridgehead atoms. The number of carboxylic acids is 1. The van der Waals surface area contributed by atoms with Crippen molar-refractivity contribution in [1.29, 1.82) is 0 Å². The molecule has 1 fully saturated rings. The lowest BCUT2D eigenvalue weighted by Crippen LogP contribution is -2.36. The predicted octanol–water partition coefficient (Wildman–Crippen LogP) is 3.13. The van der Waals surface area contributed by atoms with Gasteiger partial charge in [0.15, 0.2) is 0 Å². The van der Waals surface area contributed by atoms with Gasteiger partial charge in [0.25, 0.3) is 0 Å². The fourth-order valence-electron chi connectivity index (χ4n) is 3.02. The topological polar surface area (TPSA) is 50.2 Å². The van der Waals surface area contributed by atoms with Crippen molar-refractivity contribution < 1.29 is 9.90 Å². The molecule has 1 aliphatic carbocycles. The average Bonchev–Trinajstić information content (AvgIpc) is 2.33. The molecule has 0 radical (unpaired) electrons. The quantitative estimate of drug-likeness (QED) is 0.898. The monoisotopic (exact) mass is 241 g/mol. The first-order valence-electron chi connectivity index (χ1n) is 6.26. The van der Waals surface area contributed by atoms with E-state index in [9.17, 15) is 4.79 Å². The van der Waals surface area contributed by atoms with E-state index in [2.05, 4.69) is 11.1 Å². The summed E-state index contributed by atoms with van der Waals surface area (Å²) in [6, 6.07) is 8.09. The summed E-state index contributed by atoms with van der Waals surface area (Å²) in [6.07, 6.45) is 6.91. The third kappa shape index (κ3) is 1.67. The zero-order valence-corrected chi connectivity index (χ0v) is 10.1. The van der Waals surface area contributed by atoms with E-state index in [-0.39, 0.29) is 11.8 Å². The molecule has 0 aliphatic heterocycles. The van der Waals surface area contributed by atoms with Crippen molar-refractivity contribution in [3.05, 3.63) is 42.2 Å². The van der Waals surface area contributed by atoms with Gasteiger partial charge < -0.3 is 5.11 Å². The van der Waals surface area contributed by atoms with E-state index in [1.807, 2.05) is 24.4 Å². The van der Waals surface area contributed by atoms with Crippen LogP contribution < -0.4 is 0 Å². The summed E-state index contributed by atoms with van der Waals surface area (Å²) < 4.78 is 0. The number of fused-ring (bicyclic) bond motifs is 1. The Labute approximate surface area is 105 Å². The number of hydrogen-bond acceptors (Lipinski definition) is 2. The highest BCUT2D eigenvalue weighted by molar-refractivity contribution is 5.86. The van der Waals surface area contributed by atoms with E-state index >= 15 is 0 Å². The number of aromatic nitrogens is 1. The maximum atomic E-state index is 11.1. The van der Waals surface area contributed by atoms with E-state index in [0.29, 0.717) is 0 Å². The maximum Gasteiger partial charge on any atom is 0.304 e. The second kappa shape index (κ2) is 4.09. The molecular weight excluding hydrogens is 226 g/mol. The summed E-state index contributed by atoms with van der Waals surface area (Å²) >= 11 is 0. The summed E-state index contributed by atoms with van der Waals surface area (Å²) in [5.74, 6) is -0.708. The predicted molar refractivity (Wildman–Crippen MR) is 69.5 cm³/mol. The Balaban J connectivity index is 2.15. The molecule has 0 amide bonds. The minimum absolute atomic E-state index is 0.160. The Bertz CT molecular complexity index is 597. The summed E-state index contributed by atoms with van der Waals surface area (Å²) in [5, 5.41) is 11.4. The maximum absolute atomic E-state index is 11.1. The number of nitrogens with zero attached hydrogens (tertiary/aromatic N) is 1. The lowest BCUT2D eigenvalue weighted by molar-refractivity contribution is -0.139. The third-order valence-corrected chi connectivity index (χ3v) is 4.05. The molecule has 0 unspecified atom stereocenters. The van der Waals surface area contributed by atoms with Crippen LogP contribution in [0, 0.1) is 0 Å². The Morgan fingerprint density at radius 1 is 1.33 bits per heavy atom. The molecule has 2 aromatic rings. The van der Waals surface area contributed by atoms with Crippen molar-refractivity contribution in [1.82, 2.24) is 4.98 Å². The first-order valence-corrected chi connectivity index (χ1v) is 6.26. The standard InChI is InChI=1S/C15H15NO2/c17-14(18)9-15(6-2-7-15)13-4-1-3-11-10-16-8-5-12(11)13/h1,3-5,8,10H,2,6-7,9H2,(H,17,18). The van der Waals surface area contributed by atoms with E-state index < -0.39 is 5.97 Å². The molecule has 1 heterocycles. The molecule has 3 rings (SSSR count). The van der Waals surface area contributed by atoms with Crippen LogP contribution in [0.4, 0.5) is 0 Å². The first kappa shape index (κ1) is 11.2. The Morgan fingerprint density at radius 2 is 2.17 bits per heavy atom. The van der Waals surface area contributed by atoms with Gasteiger partial charge in [-0.2, -0.15) is 0 Å². The number of benzene rings is 1. The fraction of sp³-hybridized carbons (Fsp3) is 0.333. The van der Waals surface area contributed by atoms with Crippen LogP contribution in [0.25, 0.3) is 10.8 Å². The lowest BCUT2D eigenvalue weighted by atomic mass is 9.62. The first-order chi connectivity index (χ1) is 8.71. The zero-order valence-electron chi connectivity index (χ0n) is 10.1. The Hall–Kier alpha value is -1.90. The number of rotatable bonds is 3. The van der Waals surface area contributed by atoms with Crippen LogP contribution in [-0.4, -0.2) is 16.1 Å². The van der Waals surface area contributed by atoms with Crippen molar-refractivity contribution in [3.8, 4) is 0 Å². The van der Waals surface area contributed by atoms with Crippen molar-refractivity contribution in [3.63, 3.8) is 0 Å². The molecule has 1 aromatic heterocycles. The molecule has 18 heavy (non-hydrogen) atoms. The van der Waals surface area contributed by atoms with Crippen molar-refractivity contribution in [2.45, 2.75) is 31.1 Å². The number of hydrogen-bond donors (Lipinski definition) is 1. The van der Waals surface area contributed by atoms with Crippen LogP contribution >= 0.6 is 0 Å². The van der Waals surface area contributed by atoms with Crippen molar-refractivity contribution >= 4 is 16.7 Å². The molecule has 1 aromatic carbocycles. The van der Waals surface area contributed by atoms with Gasteiger partial charge in [-0.25, -0.2) is 0 Å². The van der Waals surface area contributed by atoms with E-state index in [1.54, 1.807) is 6.20 Å². The van der Waals surface area contributed by atoms with Crippen LogP contribution in [0.5, 0.6) is 0 Å². The van der Waals surface area contributed by atoms with Gasteiger partial charge in [-0.15, -0.1) is 0 Å². The average molecular weight is 241 g/mol. The van der Waals surface area contributed by atoms with Crippen LogP contribution in [0.15, 0.2) is 36.7 Å². The molecule has 3 nitrogen and oxygen atoms in total. The lowest BCUT2D eigenvalue weighted by Gasteiger charge is -2.42. The van der Waals surface area contributed by atoms with Crippen LogP contribution in [0.1, 0.15) is 31.2 Å². The number of carboxylic acid groups (broad SMARTS) is 1. The number of aliphatic carboxylic acids is 1. The van der Waals surface area contributed by atoms with Crippen molar-refractivity contribution in [2.75, 3.05) is 0 Å². The minimum Gasteiger partial charge on any atom is -0.481 e. The van der Waals surface area contributed by atoms with Gasteiger partial charge in [-0.3, -0.25) is 9.78 Å². The molecule has 3 heteroatoms. The van der Waals surface area contributed by atoms with Crippen LogP contribution in [0.3, 0.4) is 0 Å². The van der Waals surface area contributed by atoms with Gasteiger partial charge in [0.1, 0.15) is 0 Å². The molecule has 0 atom stereocenters. The third-order valence-electron chi connectivity index (χ3n) is 4.05. The summed E-state index contributed by atoms with van der Waals surface area (Å²) in [4.78, 5) is 15.2. The minimum atomic E-state index is -0.708. The van der Waals surface area contributed by atoms with E-state index in [4.69, 9.17) is 5.11 Å². The van der Waals surface area contributed by atoms with Crippen LogP contribution in [0.2, 0.25) is 0 Å². The molecule has 92 valence electrons. The zero-order chi connectivity index (χ0) is 12.6. The van der Waals surface area contributed by atoms with E-state index in [0.717, 1.165) is 30.0 Å². The van der Waals surface area contributed by atoms with Gasteiger partial charge in [0, 0.05) is 23.2 Å². The second-order valence-electron chi connectivity index (χ2n) is 5.11. The van der Waals surface area contributed by atoms with Gasteiger partial charge in [0.2, 0.25) is 0 Å². The molecule has 1 aliphatic rings. The molecule has 0 spiro atoms. The second-order valence-corrected chi connectivity index (χ2v) is 5.11. The Morgan fingerprint density at radius 3 is 2.83 bits per heavy atom. The highest BCUT2D eigenvalue weighted by atomic mass is 16.4. The van der Waals surface area contributed by atoms with E-state index in [1.165, 1.54) is 5.56 Å². The number of carbonyl (C=O) groups is 1. The molecule has 1 saturated carbocycles. The fourth-order valence-corrected chi connectivity index (χ4v) is 3.02. The number of pyridine rings is 1. The van der Waals surface area contributed by atoms with Crippen LogP contribution in [-0.2, 0) is 10.2 Å². The van der Waals surface area contributed by atoms with Gasteiger partial charge >= 0.3 is 5.97 Å². The molecular formula is C15H15NO2. The highest BCUT2D eigenvalue weighted by Crippen LogP contribution is 2.48. The van der Waals surface area contributed by atoms with Crippen molar-refractivity contribution in [2.24, 2.45) is 0 Å². The van der Waals surface area contributed by atoms with Gasteiger partial charge in [-0.05, 0) is 29.9 Å². The smallest absolute Gasteiger partial charge is 0.304 e. The largest absolute Gasteiger partial charge is 0.481 e.